The Labute approximate surface area is 196 Å². The van der Waals surface area contributed by atoms with Gasteiger partial charge in [-0.2, -0.15) is 0 Å². The van der Waals surface area contributed by atoms with Gasteiger partial charge in [-0.1, -0.05) is 54.1 Å². The van der Waals surface area contributed by atoms with Crippen molar-refractivity contribution in [3.63, 3.8) is 0 Å². The van der Waals surface area contributed by atoms with Gasteiger partial charge in [0.1, 0.15) is 5.75 Å². The summed E-state index contributed by atoms with van der Waals surface area (Å²) in [6.45, 7) is 5.68. The molecule has 1 saturated heterocycles. The minimum atomic E-state index is -0.229. The Morgan fingerprint density at radius 3 is 2.45 bits per heavy atom. The molecule has 1 aliphatic heterocycles. The number of hydrogen-bond donors (Lipinski definition) is 1. The van der Waals surface area contributed by atoms with Crippen molar-refractivity contribution in [1.82, 2.24) is 15.2 Å². The summed E-state index contributed by atoms with van der Waals surface area (Å²) in [6, 6.07) is 23.9. The van der Waals surface area contributed by atoms with Crippen molar-refractivity contribution in [2.75, 3.05) is 26.2 Å². The maximum absolute atomic E-state index is 13.2. The lowest BCUT2D eigenvalue weighted by Crippen LogP contribution is -2.42. The fourth-order valence-electron chi connectivity index (χ4n) is 4.31. The van der Waals surface area contributed by atoms with E-state index in [1.54, 1.807) is 6.20 Å². The molecule has 0 saturated carbocycles. The summed E-state index contributed by atoms with van der Waals surface area (Å²) in [5.41, 5.74) is 3.13. The molecule has 4 rings (SSSR count). The molecule has 1 atom stereocenters. The Balaban J connectivity index is 1.27. The van der Waals surface area contributed by atoms with Crippen molar-refractivity contribution in [1.29, 1.82) is 0 Å². The van der Waals surface area contributed by atoms with Crippen LogP contribution in [0.25, 0.3) is 0 Å². The second-order valence-corrected chi connectivity index (χ2v) is 8.74. The van der Waals surface area contributed by atoms with Crippen molar-refractivity contribution >= 4 is 5.91 Å². The maximum Gasteiger partial charge on any atom is 0.224 e. The van der Waals surface area contributed by atoms with E-state index in [4.69, 9.17) is 4.74 Å². The number of hydrogen-bond acceptors (Lipinski definition) is 4. The van der Waals surface area contributed by atoms with Crippen molar-refractivity contribution in [2.24, 2.45) is 5.92 Å². The van der Waals surface area contributed by atoms with E-state index in [9.17, 15) is 4.79 Å². The van der Waals surface area contributed by atoms with E-state index < -0.39 is 0 Å². The normalized spacial score (nSPS) is 15.7. The number of piperidine rings is 1. The third kappa shape index (κ3) is 6.65. The number of para-hydroxylation sites is 1. The molecule has 2 aromatic carbocycles. The van der Waals surface area contributed by atoms with Crippen molar-refractivity contribution in [3.8, 4) is 5.75 Å². The third-order valence-electron chi connectivity index (χ3n) is 6.27. The predicted molar refractivity (Wildman–Crippen MR) is 131 cm³/mol. The summed E-state index contributed by atoms with van der Waals surface area (Å²) in [5.74, 6) is 1.08. The average Bonchev–Trinajstić information content (AvgIpc) is 2.87. The predicted octanol–water partition coefficient (Wildman–Crippen LogP) is 4.78. The highest BCUT2D eigenvalue weighted by Gasteiger charge is 2.27. The van der Waals surface area contributed by atoms with Gasteiger partial charge in [0.15, 0.2) is 0 Å². The van der Waals surface area contributed by atoms with Crippen LogP contribution in [0.3, 0.4) is 0 Å². The topological polar surface area (TPSA) is 54.5 Å². The molecule has 0 bridgehead atoms. The molecule has 3 aromatic rings. The Kier molecular flexibility index (Phi) is 8.09. The van der Waals surface area contributed by atoms with Gasteiger partial charge in [-0.25, -0.2) is 0 Å². The Morgan fingerprint density at radius 1 is 1.03 bits per heavy atom. The fraction of sp³-hybridized carbons (Fsp3) is 0.357. The quantitative estimate of drug-likeness (QED) is 0.484. The van der Waals surface area contributed by atoms with Crippen LogP contribution in [-0.2, 0) is 4.79 Å². The average molecular weight is 444 g/mol. The van der Waals surface area contributed by atoms with Gasteiger partial charge >= 0.3 is 0 Å². The number of carbonyl (C=O) groups is 1. The number of likely N-dealkylation sites (tertiary alicyclic amines) is 1. The molecule has 5 heteroatoms. The zero-order valence-corrected chi connectivity index (χ0v) is 19.3. The number of ether oxygens (including phenoxy) is 1. The van der Waals surface area contributed by atoms with E-state index in [1.807, 2.05) is 48.5 Å². The molecule has 1 unspecified atom stereocenters. The van der Waals surface area contributed by atoms with Crippen LogP contribution in [-0.4, -0.2) is 42.0 Å². The summed E-state index contributed by atoms with van der Waals surface area (Å²) in [7, 11) is 0. The van der Waals surface area contributed by atoms with Gasteiger partial charge in [0.05, 0.1) is 18.3 Å². The maximum atomic E-state index is 13.2. The Hall–Kier alpha value is -3.18. The van der Waals surface area contributed by atoms with E-state index in [2.05, 4.69) is 46.4 Å². The molecule has 0 spiro atoms. The van der Waals surface area contributed by atoms with Crippen LogP contribution in [0.5, 0.6) is 5.75 Å². The largest absolute Gasteiger partial charge is 0.494 e. The molecule has 33 heavy (non-hydrogen) atoms. The molecule has 172 valence electrons. The zero-order chi connectivity index (χ0) is 22.9. The first kappa shape index (κ1) is 23.0. The van der Waals surface area contributed by atoms with E-state index >= 15 is 0 Å². The van der Waals surface area contributed by atoms with Crippen LogP contribution in [0.15, 0.2) is 79.0 Å². The molecular weight excluding hydrogens is 410 g/mol. The molecule has 0 aliphatic carbocycles. The summed E-state index contributed by atoms with van der Waals surface area (Å²) in [4.78, 5) is 20.1. The van der Waals surface area contributed by atoms with Crippen LogP contribution < -0.4 is 10.1 Å². The zero-order valence-electron chi connectivity index (χ0n) is 19.3. The molecule has 2 heterocycles. The van der Waals surface area contributed by atoms with Gasteiger partial charge in [-0.05, 0) is 69.1 Å². The number of pyridine rings is 1. The van der Waals surface area contributed by atoms with Crippen LogP contribution in [0.4, 0.5) is 0 Å². The Morgan fingerprint density at radius 2 is 1.76 bits per heavy atom. The number of benzene rings is 2. The number of carbonyl (C=O) groups excluding carboxylic acids is 1. The lowest BCUT2D eigenvalue weighted by Gasteiger charge is -2.32. The first-order chi connectivity index (χ1) is 16.2. The lowest BCUT2D eigenvalue weighted by molar-refractivity contribution is -0.127. The standard InChI is InChI=1S/C28H33N3O2/c1-22-11-13-23(14-12-22)27(26-10-5-6-17-29-26)30-28(32)24-15-19-31(20-16-24)18-7-21-33-25-8-3-2-4-9-25/h2-6,8-14,17,24,27H,7,15-16,18-21H2,1H3,(H,30,32). The van der Waals surface area contributed by atoms with E-state index in [-0.39, 0.29) is 17.9 Å². The SMILES string of the molecule is Cc1ccc(C(NC(=O)C2CCN(CCCOc3ccccc3)CC2)c2ccccn2)cc1. The summed E-state index contributed by atoms with van der Waals surface area (Å²) >= 11 is 0. The van der Waals surface area contributed by atoms with Crippen molar-refractivity contribution in [3.05, 3.63) is 95.8 Å². The van der Waals surface area contributed by atoms with Gasteiger partial charge < -0.3 is 15.0 Å². The first-order valence-electron chi connectivity index (χ1n) is 11.9. The van der Waals surface area contributed by atoms with Crippen LogP contribution in [0.1, 0.15) is 42.1 Å². The van der Waals surface area contributed by atoms with Gasteiger partial charge in [0.25, 0.3) is 0 Å². The summed E-state index contributed by atoms with van der Waals surface area (Å²) in [6.07, 6.45) is 4.53. The van der Waals surface area contributed by atoms with E-state index in [0.717, 1.165) is 55.9 Å². The second-order valence-electron chi connectivity index (χ2n) is 8.74. The van der Waals surface area contributed by atoms with E-state index in [1.165, 1.54) is 5.56 Å². The molecule has 1 aromatic heterocycles. The lowest BCUT2D eigenvalue weighted by atomic mass is 9.94. The van der Waals surface area contributed by atoms with Crippen molar-refractivity contribution in [2.45, 2.75) is 32.2 Å². The van der Waals surface area contributed by atoms with Crippen LogP contribution >= 0.6 is 0 Å². The van der Waals surface area contributed by atoms with Gasteiger partial charge in [0.2, 0.25) is 5.91 Å². The summed E-state index contributed by atoms with van der Waals surface area (Å²) in [5, 5.41) is 3.28. The molecular formula is C28H33N3O2. The molecule has 1 amide bonds. The van der Waals surface area contributed by atoms with E-state index in [0.29, 0.717) is 6.61 Å². The Bertz CT molecular complexity index is 985. The highest BCUT2D eigenvalue weighted by atomic mass is 16.5. The number of aryl methyl sites for hydroxylation is 1. The summed E-state index contributed by atoms with van der Waals surface area (Å²) < 4.78 is 5.79. The molecule has 1 aliphatic rings. The smallest absolute Gasteiger partial charge is 0.224 e. The van der Waals surface area contributed by atoms with Crippen LogP contribution in [0.2, 0.25) is 0 Å². The number of nitrogens with one attached hydrogen (secondary N) is 1. The number of nitrogens with zero attached hydrogens (tertiary/aromatic N) is 2. The highest BCUT2D eigenvalue weighted by Crippen LogP contribution is 2.24. The first-order valence-corrected chi connectivity index (χ1v) is 11.9. The third-order valence-corrected chi connectivity index (χ3v) is 6.27. The van der Waals surface area contributed by atoms with Gasteiger partial charge in [-0.15, -0.1) is 0 Å². The minimum Gasteiger partial charge on any atom is -0.494 e. The second kappa shape index (κ2) is 11.6. The molecule has 0 radical (unpaired) electrons. The van der Waals surface area contributed by atoms with Gasteiger partial charge in [0, 0.05) is 18.7 Å². The molecule has 1 N–H and O–H groups in total. The minimum absolute atomic E-state index is 0.0403. The number of aromatic nitrogens is 1. The number of amides is 1. The van der Waals surface area contributed by atoms with Crippen molar-refractivity contribution < 1.29 is 9.53 Å². The molecule has 1 fully saturated rings. The van der Waals surface area contributed by atoms with Gasteiger partial charge in [-0.3, -0.25) is 9.78 Å². The monoisotopic (exact) mass is 443 g/mol. The number of rotatable bonds is 9. The molecule has 5 nitrogen and oxygen atoms in total. The highest BCUT2D eigenvalue weighted by molar-refractivity contribution is 5.79. The fourth-order valence-corrected chi connectivity index (χ4v) is 4.31. The van der Waals surface area contributed by atoms with Crippen LogP contribution in [0, 0.1) is 12.8 Å².